The summed E-state index contributed by atoms with van der Waals surface area (Å²) in [5.41, 5.74) is 0. The number of amides is 2. The van der Waals surface area contributed by atoms with Crippen LogP contribution in [0, 0.1) is 5.92 Å². The van der Waals surface area contributed by atoms with E-state index in [0.717, 1.165) is 6.42 Å². The van der Waals surface area contributed by atoms with Gasteiger partial charge in [0.15, 0.2) is 0 Å². The number of carbonyl (C=O) groups is 3. The summed E-state index contributed by atoms with van der Waals surface area (Å²) in [6, 6.07) is -1.89. The molecule has 3 N–H and O–H groups in total. The van der Waals surface area contributed by atoms with Crippen LogP contribution in [0.25, 0.3) is 0 Å². The summed E-state index contributed by atoms with van der Waals surface area (Å²) in [6.45, 7) is 3.15. The third kappa shape index (κ3) is 3.93. The predicted octanol–water partition coefficient (Wildman–Crippen LogP) is -0.0343. The first-order valence-corrected chi connectivity index (χ1v) is 5.40. The van der Waals surface area contributed by atoms with Gasteiger partial charge < -0.3 is 20.4 Å². The van der Waals surface area contributed by atoms with Gasteiger partial charge in [0.05, 0.1) is 6.42 Å². The Morgan fingerprint density at radius 1 is 1.41 bits per heavy atom. The molecule has 0 bridgehead atoms. The Kier molecular flexibility index (Phi) is 4.30. The van der Waals surface area contributed by atoms with Crippen molar-refractivity contribution < 1.29 is 24.6 Å². The standard InChI is InChI=1S/C10H16N2O5/c1-6-2-3-12(5-6)10(17)11-7(9(15)16)4-8(13)14/h6-7H,2-5H2,1H3,(H,11,17)(H,13,14)(H,15,16). The molecule has 7 nitrogen and oxygen atoms in total. The van der Waals surface area contributed by atoms with Gasteiger partial charge in [-0.05, 0) is 12.3 Å². The van der Waals surface area contributed by atoms with Crippen LogP contribution >= 0.6 is 0 Å². The molecule has 7 heteroatoms. The second-order valence-electron chi connectivity index (χ2n) is 4.28. The van der Waals surface area contributed by atoms with Crippen molar-refractivity contribution in [2.45, 2.75) is 25.8 Å². The number of aliphatic carboxylic acids is 2. The Morgan fingerprint density at radius 3 is 2.47 bits per heavy atom. The van der Waals surface area contributed by atoms with Crippen LogP contribution in [0.1, 0.15) is 19.8 Å². The van der Waals surface area contributed by atoms with E-state index in [2.05, 4.69) is 5.32 Å². The van der Waals surface area contributed by atoms with E-state index >= 15 is 0 Å². The van der Waals surface area contributed by atoms with E-state index in [1.54, 1.807) is 0 Å². The number of hydrogen-bond donors (Lipinski definition) is 3. The van der Waals surface area contributed by atoms with Gasteiger partial charge >= 0.3 is 18.0 Å². The molecule has 1 saturated heterocycles. The van der Waals surface area contributed by atoms with Crippen molar-refractivity contribution >= 4 is 18.0 Å². The van der Waals surface area contributed by atoms with Crippen LogP contribution < -0.4 is 5.32 Å². The number of carbonyl (C=O) groups excluding carboxylic acids is 1. The molecule has 0 aromatic heterocycles. The zero-order valence-corrected chi connectivity index (χ0v) is 9.55. The minimum absolute atomic E-state index is 0.392. The first-order chi connectivity index (χ1) is 7.90. The maximum absolute atomic E-state index is 11.6. The highest BCUT2D eigenvalue weighted by atomic mass is 16.4. The highest BCUT2D eigenvalue weighted by Crippen LogP contribution is 2.14. The highest BCUT2D eigenvalue weighted by Gasteiger charge is 2.28. The number of nitrogens with zero attached hydrogens (tertiary/aromatic N) is 1. The Hall–Kier alpha value is -1.79. The van der Waals surface area contributed by atoms with Crippen molar-refractivity contribution in [3.63, 3.8) is 0 Å². The molecule has 0 spiro atoms. The van der Waals surface area contributed by atoms with Crippen LogP contribution in [0.15, 0.2) is 0 Å². The van der Waals surface area contributed by atoms with Gasteiger partial charge in [0.25, 0.3) is 0 Å². The van der Waals surface area contributed by atoms with Crippen molar-refractivity contribution in [2.75, 3.05) is 13.1 Å². The molecule has 1 aliphatic heterocycles. The predicted molar refractivity (Wildman–Crippen MR) is 57.6 cm³/mol. The molecule has 1 rings (SSSR count). The first-order valence-electron chi connectivity index (χ1n) is 5.40. The Labute approximate surface area is 98.4 Å². The summed E-state index contributed by atoms with van der Waals surface area (Å²) in [4.78, 5) is 34.3. The molecule has 0 aromatic rings. The van der Waals surface area contributed by atoms with Crippen molar-refractivity contribution in [2.24, 2.45) is 5.92 Å². The summed E-state index contributed by atoms with van der Waals surface area (Å²) in [6.07, 6.45) is 0.258. The van der Waals surface area contributed by atoms with Gasteiger partial charge in [-0.2, -0.15) is 0 Å². The molecule has 2 atom stereocenters. The average Bonchev–Trinajstić information content (AvgIpc) is 2.63. The summed E-state index contributed by atoms with van der Waals surface area (Å²) < 4.78 is 0. The molecular weight excluding hydrogens is 228 g/mol. The van der Waals surface area contributed by atoms with Crippen molar-refractivity contribution in [1.82, 2.24) is 10.2 Å². The molecule has 1 aliphatic rings. The number of nitrogens with one attached hydrogen (secondary N) is 1. The number of rotatable bonds is 4. The van der Waals surface area contributed by atoms with Crippen molar-refractivity contribution in [1.29, 1.82) is 0 Å². The van der Waals surface area contributed by atoms with Crippen LogP contribution in [0.3, 0.4) is 0 Å². The molecule has 1 heterocycles. The van der Waals surface area contributed by atoms with E-state index in [0.29, 0.717) is 19.0 Å². The van der Waals surface area contributed by atoms with Crippen LogP contribution in [0.4, 0.5) is 4.79 Å². The van der Waals surface area contributed by atoms with Crippen LogP contribution in [0.2, 0.25) is 0 Å². The fourth-order valence-corrected chi connectivity index (χ4v) is 1.73. The van der Waals surface area contributed by atoms with E-state index < -0.39 is 30.4 Å². The third-order valence-electron chi connectivity index (χ3n) is 2.69. The molecule has 2 amide bonds. The van der Waals surface area contributed by atoms with Crippen LogP contribution in [-0.2, 0) is 9.59 Å². The average molecular weight is 244 g/mol. The van der Waals surface area contributed by atoms with Gasteiger partial charge in [-0.1, -0.05) is 6.92 Å². The topological polar surface area (TPSA) is 107 Å². The van der Waals surface area contributed by atoms with Gasteiger partial charge in [0.1, 0.15) is 6.04 Å². The number of carboxylic acid groups (broad SMARTS) is 2. The highest BCUT2D eigenvalue weighted by molar-refractivity contribution is 5.86. The number of hydrogen-bond acceptors (Lipinski definition) is 3. The largest absolute Gasteiger partial charge is 0.481 e. The maximum atomic E-state index is 11.6. The van der Waals surface area contributed by atoms with Crippen molar-refractivity contribution in [3.05, 3.63) is 0 Å². The van der Waals surface area contributed by atoms with Gasteiger partial charge in [-0.15, -0.1) is 0 Å². The van der Waals surface area contributed by atoms with E-state index in [1.165, 1.54) is 4.90 Å². The van der Waals surface area contributed by atoms with E-state index in [4.69, 9.17) is 10.2 Å². The lowest BCUT2D eigenvalue weighted by Crippen LogP contribution is -2.48. The van der Waals surface area contributed by atoms with E-state index in [-0.39, 0.29) is 0 Å². The smallest absolute Gasteiger partial charge is 0.326 e. The van der Waals surface area contributed by atoms with E-state index in [9.17, 15) is 14.4 Å². The van der Waals surface area contributed by atoms with Gasteiger partial charge in [-0.3, -0.25) is 4.79 Å². The summed E-state index contributed by atoms with van der Waals surface area (Å²) in [7, 11) is 0. The van der Waals surface area contributed by atoms with E-state index in [1.807, 2.05) is 6.92 Å². The second-order valence-corrected chi connectivity index (χ2v) is 4.28. The monoisotopic (exact) mass is 244 g/mol. The minimum atomic E-state index is -1.38. The maximum Gasteiger partial charge on any atom is 0.326 e. The zero-order valence-electron chi connectivity index (χ0n) is 9.55. The molecule has 1 fully saturated rings. The summed E-state index contributed by atoms with van der Waals surface area (Å²) >= 11 is 0. The van der Waals surface area contributed by atoms with Gasteiger partial charge in [0, 0.05) is 13.1 Å². The molecule has 2 unspecified atom stereocenters. The summed E-state index contributed by atoms with van der Waals surface area (Å²) in [5.74, 6) is -2.20. The molecule has 0 saturated carbocycles. The molecule has 96 valence electrons. The number of urea groups is 1. The van der Waals surface area contributed by atoms with Gasteiger partial charge in [0.2, 0.25) is 0 Å². The van der Waals surface area contributed by atoms with Crippen molar-refractivity contribution in [3.8, 4) is 0 Å². The molecule has 17 heavy (non-hydrogen) atoms. The first kappa shape index (κ1) is 13.3. The Bertz CT molecular complexity index is 331. The fourth-order valence-electron chi connectivity index (χ4n) is 1.73. The van der Waals surface area contributed by atoms with Crippen LogP contribution in [-0.4, -0.2) is 52.2 Å². The lowest BCUT2D eigenvalue weighted by Gasteiger charge is -2.19. The van der Waals surface area contributed by atoms with Crippen LogP contribution in [0.5, 0.6) is 0 Å². The Balaban J connectivity index is 2.52. The number of likely N-dealkylation sites (tertiary alicyclic amines) is 1. The quantitative estimate of drug-likeness (QED) is 0.643. The Morgan fingerprint density at radius 2 is 2.06 bits per heavy atom. The lowest BCUT2D eigenvalue weighted by molar-refractivity contribution is -0.145. The second kappa shape index (κ2) is 5.51. The number of carboxylic acids is 2. The summed E-state index contributed by atoms with van der Waals surface area (Å²) in [5, 5.41) is 19.5. The third-order valence-corrected chi connectivity index (χ3v) is 2.69. The zero-order chi connectivity index (χ0) is 13.0. The molecular formula is C10H16N2O5. The lowest BCUT2D eigenvalue weighted by atomic mass is 10.2. The minimum Gasteiger partial charge on any atom is -0.481 e. The van der Waals surface area contributed by atoms with Gasteiger partial charge in [-0.25, -0.2) is 9.59 Å². The normalized spacial score (nSPS) is 21.0. The molecule has 0 aliphatic carbocycles. The molecule has 0 aromatic carbocycles. The SMILES string of the molecule is CC1CCN(C(=O)NC(CC(=O)O)C(=O)O)C1. The molecule has 0 radical (unpaired) electrons. The fraction of sp³-hybridized carbons (Fsp3) is 0.700.